The molecule has 3 rings (SSSR count). The fraction of sp³-hybridized carbons (Fsp3) is 0.250. The van der Waals surface area contributed by atoms with Gasteiger partial charge in [-0.25, -0.2) is 4.98 Å². The predicted molar refractivity (Wildman–Crippen MR) is 83.5 cm³/mol. The molecule has 0 spiro atoms. The molecule has 5 heteroatoms. The first-order chi connectivity index (χ1) is 10.1. The summed E-state index contributed by atoms with van der Waals surface area (Å²) in [6, 6.07) is 9.46. The molecule has 1 amide bonds. The molecule has 1 aliphatic rings. The summed E-state index contributed by atoms with van der Waals surface area (Å²) in [6.07, 6.45) is 0.912. The fourth-order valence-electron chi connectivity index (χ4n) is 2.41. The van der Waals surface area contributed by atoms with Crippen LogP contribution in [0.5, 0.6) is 5.75 Å². The maximum absolute atomic E-state index is 12.1. The van der Waals surface area contributed by atoms with E-state index in [1.165, 1.54) is 5.56 Å². The molecular formula is C16H15BrN2O2. The number of aromatic nitrogens is 1. The minimum absolute atomic E-state index is 0.176. The Hall–Kier alpha value is -1.88. The summed E-state index contributed by atoms with van der Waals surface area (Å²) in [7, 11) is 0. The van der Waals surface area contributed by atoms with Crippen molar-refractivity contribution in [3.8, 4) is 5.75 Å². The third kappa shape index (κ3) is 3.08. The van der Waals surface area contributed by atoms with Crippen LogP contribution in [0.3, 0.4) is 0 Å². The lowest BCUT2D eigenvalue weighted by Gasteiger charge is -2.10. The van der Waals surface area contributed by atoms with Gasteiger partial charge < -0.3 is 10.1 Å². The van der Waals surface area contributed by atoms with Crippen LogP contribution in [0, 0.1) is 6.92 Å². The summed E-state index contributed by atoms with van der Waals surface area (Å²) < 4.78 is 6.66. The highest BCUT2D eigenvalue weighted by Gasteiger charge is 2.18. The van der Waals surface area contributed by atoms with Gasteiger partial charge in [-0.2, -0.15) is 0 Å². The Morgan fingerprint density at radius 2 is 2.29 bits per heavy atom. The van der Waals surface area contributed by atoms with Crippen molar-refractivity contribution in [2.45, 2.75) is 19.9 Å². The standard InChI is InChI=1S/C16H15BrN2O2/c1-10-3-2-4-14(19-10)16(20)18-9-12-8-13(17)7-11-5-6-21-15(11)12/h2-4,7-8H,5-6,9H2,1H3,(H,18,20). The largest absolute Gasteiger partial charge is 0.493 e. The molecule has 1 aromatic carbocycles. The number of hydrogen-bond donors (Lipinski definition) is 1. The Labute approximate surface area is 131 Å². The van der Waals surface area contributed by atoms with Gasteiger partial charge in [-0.3, -0.25) is 4.79 Å². The van der Waals surface area contributed by atoms with Crippen LogP contribution in [0.2, 0.25) is 0 Å². The van der Waals surface area contributed by atoms with Crippen LogP contribution in [0.4, 0.5) is 0 Å². The molecule has 21 heavy (non-hydrogen) atoms. The first-order valence-corrected chi connectivity index (χ1v) is 7.59. The number of carbonyl (C=O) groups excluding carboxylic acids is 1. The molecule has 1 N–H and O–H groups in total. The molecule has 2 aromatic rings. The molecule has 2 heterocycles. The second-order valence-corrected chi connectivity index (χ2v) is 5.91. The van der Waals surface area contributed by atoms with Gasteiger partial charge in [-0.05, 0) is 36.8 Å². The molecule has 4 nitrogen and oxygen atoms in total. The Morgan fingerprint density at radius 1 is 1.43 bits per heavy atom. The van der Waals surface area contributed by atoms with Crippen LogP contribution < -0.4 is 10.1 Å². The van der Waals surface area contributed by atoms with E-state index in [4.69, 9.17) is 4.74 Å². The number of ether oxygens (including phenoxy) is 1. The Balaban J connectivity index is 1.75. The van der Waals surface area contributed by atoms with E-state index in [1.807, 2.05) is 25.1 Å². The summed E-state index contributed by atoms with van der Waals surface area (Å²) >= 11 is 3.50. The quantitative estimate of drug-likeness (QED) is 0.929. The number of rotatable bonds is 3. The van der Waals surface area contributed by atoms with E-state index in [-0.39, 0.29) is 5.91 Å². The number of fused-ring (bicyclic) bond motifs is 1. The monoisotopic (exact) mass is 346 g/mol. The smallest absolute Gasteiger partial charge is 0.270 e. The van der Waals surface area contributed by atoms with E-state index in [0.717, 1.165) is 27.9 Å². The lowest BCUT2D eigenvalue weighted by molar-refractivity contribution is 0.0945. The van der Waals surface area contributed by atoms with Gasteiger partial charge in [0.15, 0.2) is 0 Å². The van der Waals surface area contributed by atoms with Crippen LogP contribution in [-0.4, -0.2) is 17.5 Å². The van der Waals surface area contributed by atoms with Gasteiger partial charge >= 0.3 is 0 Å². The highest BCUT2D eigenvalue weighted by atomic mass is 79.9. The van der Waals surface area contributed by atoms with Crippen molar-refractivity contribution >= 4 is 21.8 Å². The van der Waals surface area contributed by atoms with Gasteiger partial charge in [0.2, 0.25) is 0 Å². The zero-order chi connectivity index (χ0) is 14.8. The van der Waals surface area contributed by atoms with Gasteiger partial charge in [-0.1, -0.05) is 22.0 Å². The number of pyridine rings is 1. The van der Waals surface area contributed by atoms with Gasteiger partial charge in [0, 0.05) is 28.7 Å². The van der Waals surface area contributed by atoms with Gasteiger partial charge in [0.1, 0.15) is 11.4 Å². The van der Waals surface area contributed by atoms with Gasteiger partial charge in [0.05, 0.1) is 6.61 Å². The molecule has 0 radical (unpaired) electrons. The van der Waals surface area contributed by atoms with Crippen molar-refractivity contribution in [1.29, 1.82) is 0 Å². The van der Waals surface area contributed by atoms with Crippen molar-refractivity contribution in [1.82, 2.24) is 10.3 Å². The molecule has 0 atom stereocenters. The van der Waals surface area contributed by atoms with E-state index in [0.29, 0.717) is 18.8 Å². The average Bonchev–Trinajstić information content (AvgIpc) is 2.92. The lowest BCUT2D eigenvalue weighted by Crippen LogP contribution is -2.24. The second-order valence-electron chi connectivity index (χ2n) is 5.00. The van der Waals surface area contributed by atoms with Crippen molar-refractivity contribution in [3.05, 3.63) is 57.3 Å². The molecule has 108 valence electrons. The Bertz CT molecular complexity index is 701. The third-order valence-electron chi connectivity index (χ3n) is 3.39. The van der Waals surface area contributed by atoms with E-state index in [1.54, 1.807) is 6.07 Å². The highest BCUT2D eigenvalue weighted by Crippen LogP contribution is 2.32. The fourth-order valence-corrected chi connectivity index (χ4v) is 2.97. The third-order valence-corrected chi connectivity index (χ3v) is 3.84. The van der Waals surface area contributed by atoms with Crippen LogP contribution >= 0.6 is 15.9 Å². The van der Waals surface area contributed by atoms with Crippen molar-refractivity contribution in [2.24, 2.45) is 0 Å². The Kier molecular flexibility index (Phi) is 3.92. The molecule has 0 aliphatic carbocycles. The number of aryl methyl sites for hydroxylation is 1. The number of carbonyl (C=O) groups is 1. The van der Waals surface area contributed by atoms with E-state index in [9.17, 15) is 4.79 Å². The normalized spacial score (nSPS) is 12.7. The highest BCUT2D eigenvalue weighted by molar-refractivity contribution is 9.10. The molecule has 0 saturated carbocycles. The minimum atomic E-state index is -0.176. The SMILES string of the molecule is Cc1cccc(C(=O)NCc2cc(Br)cc3c2OCC3)n1. The zero-order valence-corrected chi connectivity index (χ0v) is 13.2. The molecule has 0 bridgehead atoms. The summed E-state index contributed by atoms with van der Waals surface area (Å²) in [5.41, 5.74) is 3.43. The van der Waals surface area contributed by atoms with Gasteiger partial charge in [-0.15, -0.1) is 0 Å². The topological polar surface area (TPSA) is 51.2 Å². The first kappa shape index (κ1) is 14.1. The van der Waals surface area contributed by atoms with Crippen molar-refractivity contribution in [2.75, 3.05) is 6.61 Å². The van der Waals surface area contributed by atoms with Crippen molar-refractivity contribution in [3.63, 3.8) is 0 Å². The molecule has 0 fully saturated rings. The second kappa shape index (κ2) is 5.85. The number of hydrogen-bond acceptors (Lipinski definition) is 3. The summed E-state index contributed by atoms with van der Waals surface area (Å²) in [4.78, 5) is 16.4. The maximum atomic E-state index is 12.1. The number of benzene rings is 1. The van der Waals surface area contributed by atoms with Crippen LogP contribution in [-0.2, 0) is 13.0 Å². The molecule has 0 saturated heterocycles. The summed E-state index contributed by atoms with van der Waals surface area (Å²) in [5.74, 6) is 0.723. The number of halogens is 1. The maximum Gasteiger partial charge on any atom is 0.270 e. The lowest BCUT2D eigenvalue weighted by atomic mass is 10.1. The van der Waals surface area contributed by atoms with Crippen LogP contribution in [0.25, 0.3) is 0 Å². The molecular weight excluding hydrogens is 332 g/mol. The zero-order valence-electron chi connectivity index (χ0n) is 11.6. The number of nitrogens with zero attached hydrogens (tertiary/aromatic N) is 1. The van der Waals surface area contributed by atoms with E-state index >= 15 is 0 Å². The summed E-state index contributed by atoms with van der Waals surface area (Å²) in [5, 5.41) is 2.90. The Morgan fingerprint density at radius 3 is 3.10 bits per heavy atom. The minimum Gasteiger partial charge on any atom is -0.493 e. The first-order valence-electron chi connectivity index (χ1n) is 6.79. The predicted octanol–water partition coefficient (Wildman–Crippen LogP) is 3.02. The average molecular weight is 347 g/mol. The summed E-state index contributed by atoms with van der Waals surface area (Å²) in [6.45, 7) is 2.99. The number of nitrogens with one attached hydrogen (secondary N) is 1. The van der Waals surface area contributed by atoms with E-state index in [2.05, 4.69) is 32.3 Å². The molecule has 1 aliphatic heterocycles. The van der Waals surface area contributed by atoms with Crippen LogP contribution in [0.15, 0.2) is 34.8 Å². The van der Waals surface area contributed by atoms with Crippen LogP contribution in [0.1, 0.15) is 27.3 Å². The molecule has 0 unspecified atom stereocenters. The van der Waals surface area contributed by atoms with Gasteiger partial charge in [0.25, 0.3) is 5.91 Å². The number of amides is 1. The molecule has 1 aromatic heterocycles. The van der Waals surface area contributed by atoms with E-state index < -0.39 is 0 Å². The van der Waals surface area contributed by atoms with Crippen molar-refractivity contribution < 1.29 is 9.53 Å².